The lowest BCUT2D eigenvalue weighted by Crippen LogP contribution is -2.50. The number of aliphatic carboxylic acids is 1. The van der Waals surface area contributed by atoms with E-state index in [1.807, 2.05) is 13.0 Å². The van der Waals surface area contributed by atoms with Crippen LogP contribution < -0.4 is 4.90 Å². The molecule has 2 fully saturated rings. The van der Waals surface area contributed by atoms with Gasteiger partial charge < -0.3 is 10.0 Å². The van der Waals surface area contributed by atoms with Gasteiger partial charge in [-0.25, -0.2) is 9.78 Å². The Hall–Kier alpha value is -1.88. The summed E-state index contributed by atoms with van der Waals surface area (Å²) < 4.78 is 0. The molecule has 2 aliphatic rings. The number of anilines is 1. The number of carboxylic acid groups (broad SMARTS) is 1. The highest BCUT2D eigenvalue weighted by Gasteiger charge is 2.31. The molecule has 1 N–H and O–H groups in total. The zero-order valence-electron chi connectivity index (χ0n) is 12.3. The van der Waals surface area contributed by atoms with Crippen LogP contribution in [0.1, 0.15) is 24.0 Å². The number of nitrogens with zero attached hydrogens (tertiary/aromatic N) is 3. The lowest BCUT2D eigenvalue weighted by atomic mass is 10.1. The van der Waals surface area contributed by atoms with E-state index in [4.69, 9.17) is 5.11 Å². The molecule has 0 radical (unpaired) electrons. The number of aryl methyl sites for hydroxylation is 1. The van der Waals surface area contributed by atoms with Gasteiger partial charge in [0.1, 0.15) is 5.82 Å². The van der Waals surface area contributed by atoms with E-state index in [-0.39, 0.29) is 0 Å². The summed E-state index contributed by atoms with van der Waals surface area (Å²) >= 11 is 0. The minimum atomic E-state index is -0.936. The molecule has 0 bridgehead atoms. The largest absolute Gasteiger partial charge is 0.478 e. The topological polar surface area (TPSA) is 56.7 Å². The molecule has 5 heteroatoms. The quantitative estimate of drug-likeness (QED) is 0.859. The first-order valence-corrected chi connectivity index (χ1v) is 7.50. The van der Waals surface area contributed by atoms with E-state index >= 15 is 0 Å². The summed E-state index contributed by atoms with van der Waals surface area (Å²) in [5, 5.41) is 8.67. The van der Waals surface area contributed by atoms with Crippen LogP contribution >= 0.6 is 0 Å². The summed E-state index contributed by atoms with van der Waals surface area (Å²) in [6, 6.07) is 2.68. The molecule has 5 nitrogen and oxygen atoms in total. The highest BCUT2D eigenvalue weighted by molar-refractivity contribution is 5.85. The summed E-state index contributed by atoms with van der Waals surface area (Å²) in [6.07, 6.45) is 7.08. The normalized spacial score (nSPS) is 22.7. The fourth-order valence-corrected chi connectivity index (χ4v) is 3.36. The zero-order valence-corrected chi connectivity index (χ0v) is 12.3. The average Bonchev–Trinajstić information content (AvgIpc) is 2.92. The number of carbonyl (C=O) groups is 1. The van der Waals surface area contributed by atoms with Crippen molar-refractivity contribution in [3.05, 3.63) is 29.5 Å². The Bertz CT molecular complexity index is 571. The second-order valence-electron chi connectivity index (χ2n) is 5.86. The maximum atomic E-state index is 10.6. The molecule has 21 heavy (non-hydrogen) atoms. The molecule has 2 aliphatic heterocycles. The first-order valence-electron chi connectivity index (χ1n) is 7.50. The van der Waals surface area contributed by atoms with Crippen molar-refractivity contribution in [2.75, 3.05) is 31.1 Å². The van der Waals surface area contributed by atoms with Crippen LogP contribution in [0, 0.1) is 6.92 Å². The minimum Gasteiger partial charge on any atom is -0.478 e. The molecule has 0 amide bonds. The van der Waals surface area contributed by atoms with Gasteiger partial charge in [0.05, 0.1) is 0 Å². The number of piperazine rings is 1. The molecular weight excluding hydrogens is 266 g/mol. The van der Waals surface area contributed by atoms with Gasteiger partial charge in [-0.15, -0.1) is 0 Å². The number of rotatable bonds is 3. The average molecular weight is 287 g/mol. The van der Waals surface area contributed by atoms with E-state index in [1.165, 1.54) is 19.4 Å². The first-order chi connectivity index (χ1) is 10.1. The molecule has 0 spiro atoms. The fraction of sp³-hybridized carbons (Fsp3) is 0.500. The van der Waals surface area contributed by atoms with Gasteiger partial charge in [0, 0.05) is 37.9 Å². The Morgan fingerprint density at radius 3 is 3.05 bits per heavy atom. The Labute approximate surface area is 124 Å². The van der Waals surface area contributed by atoms with Crippen LogP contribution in [0.15, 0.2) is 18.3 Å². The van der Waals surface area contributed by atoms with Crippen molar-refractivity contribution in [3.63, 3.8) is 0 Å². The van der Waals surface area contributed by atoms with Crippen LogP contribution in [0.5, 0.6) is 0 Å². The van der Waals surface area contributed by atoms with Gasteiger partial charge in [-0.1, -0.05) is 0 Å². The molecular formula is C16H21N3O2. The second-order valence-corrected chi connectivity index (χ2v) is 5.86. The SMILES string of the molecule is Cc1cc(/C=C/C(=O)O)cnc1N1CCN2CCCC2C1. The van der Waals surface area contributed by atoms with Gasteiger partial charge in [0.2, 0.25) is 0 Å². The second kappa shape index (κ2) is 5.85. The van der Waals surface area contributed by atoms with Crippen LogP contribution in [-0.4, -0.2) is 53.2 Å². The number of hydrogen-bond donors (Lipinski definition) is 1. The Balaban J connectivity index is 1.75. The van der Waals surface area contributed by atoms with Crippen molar-refractivity contribution in [1.82, 2.24) is 9.88 Å². The van der Waals surface area contributed by atoms with Crippen molar-refractivity contribution in [3.8, 4) is 0 Å². The van der Waals surface area contributed by atoms with Crippen molar-refractivity contribution in [2.24, 2.45) is 0 Å². The van der Waals surface area contributed by atoms with Gasteiger partial charge in [-0.05, 0) is 49.6 Å². The highest BCUT2D eigenvalue weighted by atomic mass is 16.4. The van der Waals surface area contributed by atoms with Crippen LogP contribution in [0.4, 0.5) is 5.82 Å². The van der Waals surface area contributed by atoms with E-state index in [0.29, 0.717) is 6.04 Å². The maximum Gasteiger partial charge on any atom is 0.328 e. The lowest BCUT2D eigenvalue weighted by molar-refractivity contribution is -0.131. The molecule has 2 saturated heterocycles. The summed E-state index contributed by atoms with van der Waals surface area (Å²) in [5.74, 6) is 0.100. The number of pyridine rings is 1. The molecule has 3 heterocycles. The van der Waals surface area contributed by atoms with E-state index in [0.717, 1.165) is 42.7 Å². The molecule has 3 rings (SSSR count). The molecule has 1 aromatic heterocycles. The zero-order chi connectivity index (χ0) is 14.8. The molecule has 0 aromatic carbocycles. The van der Waals surface area contributed by atoms with Gasteiger partial charge in [0.15, 0.2) is 0 Å². The Kier molecular flexibility index (Phi) is 3.92. The van der Waals surface area contributed by atoms with E-state index in [9.17, 15) is 4.79 Å². The van der Waals surface area contributed by atoms with E-state index < -0.39 is 5.97 Å². The van der Waals surface area contributed by atoms with Gasteiger partial charge in [0.25, 0.3) is 0 Å². The number of carboxylic acids is 1. The predicted octanol–water partition coefficient (Wildman–Crippen LogP) is 1.77. The minimum absolute atomic E-state index is 0.673. The summed E-state index contributed by atoms with van der Waals surface area (Å²) in [7, 11) is 0. The van der Waals surface area contributed by atoms with Crippen molar-refractivity contribution in [1.29, 1.82) is 0 Å². The van der Waals surface area contributed by atoms with Crippen molar-refractivity contribution < 1.29 is 9.90 Å². The molecule has 1 atom stereocenters. The Morgan fingerprint density at radius 1 is 1.43 bits per heavy atom. The number of hydrogen-bond acceptors (Lipinski definition) is 4. The van der Waals surface area contributed by atoms with E-state index in [2.05, 4.69) is 14.8 Å². The smallest absolute Gasteiger partial charge is 0.328 e. The third kappa shape index (κ3) is 3.08. The molecule has 1 unspecified atom stereocenters. The lowest BCUT2D eigenvalue weighted by Gasteiger charge is -2.38. The standard InChI is InChI=1S/C16H21N3O2/c1-12-9-13(4-5-15(20)21)10-17-16(12)19-8-7-18-6-2-3-14(18)11-19/h4-5,9-10,14H,2-3,6-8,11H2,1H3,(H,20,21)/b5-4+. The summed E-state index contributed by atoms with van der Waals surface area (Å²) in [6.45, 7) is 6.48. The third-order valence-electron chi connectivity index (χ3n) is 4.38. The molecule has 0 aliphatic carbocycles. The third-order valence-corrected chi connectivity index (χ3v) is 4.38. The van der Waals surface area contributed by atoms with Crippen LogP contribution in [0.3, 0.4) is 0 Å². The summed E-state index contributed by atoms with van der Waals surface area (Å²) in [5.41, 5.74) is 1.94. The fourth-order valence-electron chi connectivity index (χ4n) is 3.36. The van der Waals surface area contributed by atoms with Crippen LogP contribution in [-0.2, 0) is 4.79 Å². The van der Waals surface area contributed by atoms with Gasteiger partial charge in [-0.2, -0.15) is 0 Å². The van der Waals surface area contributed by atoms with Crippen molar-refractivity contribution in [2.45, 2.75) is 25.8 Å². The molecule has 112 valence electrons. The number of fused-ring (bicyclic) bond motifs is 1. The van der Waals surface area contributed by atoms with E-state index in [1.54, 1.807) is 12.3 Å². The first kappa shape index (κ1) is 14.1. The maximum absolute atomic E-state index is 10.6. The summed E-state index contributed by atoms with van der Waals surface area (Å²) in [4.78, 5) is 20.1. The van der Waals surface area contributed by atoms with Crippen molar-refractivity contribution >= 4 is 17.9 Å². The van der Waals surface area contributed by atoms with Gasteiger partial charge >= 0.3 is 5.97 Å². The highest BCUT2D eigenvalue weighted by Crippen LogP contribution is 2.26. The number of aromatic nitrogens is 1. The van der Waals surface area contributed by atoms with Crippen LogP contribution in [0.2, 0.25) is 0 Å². The molecule has 1 aromatic rings. The Morgan fingerprint density at radius 2 is 2.29 bits per heavy atom. The van der Waals surface area contributed by atoms with Crippen LogP contribution in [0.25, 0.3) is 6.08 Å². The monoisotopic (exact) mass is 287 g/mol. The van der Waals surface area contributed by atoms with Gasteiger partial charge in [-0.3, -0.25) is 4.90 Å². The molecule has 0 saturated carbocycles. The predicted molar refractivity (Wildman–Crippen MR) is 82.5 cm³/mol.